The van der Waals surface area contributed by atoms with E-state index in [9.17, 15) is 13.2 Å². The van der Waals surface area contributed by atoms with Gasteiger partial charge in [-0.15, -0.1) is 0 Å². The molecule has 0 aromatic carbocycles. The Labute approximate surface area is 188 Å². The fraction of sp³-hybridized carbons (Fsp3) is 0.500. The third kappa shape index (κ3) is 4.40. The molecule has 33 heavy (non-hydrogen) atoms. The summed E-state index contributed by atoms with van der Waals surface area (Å²) in [6.07, 6.45) is -0.0555. The number of morpholine rings is 1. The number of alkyl halides is 3. The lowest BCUT2D eigenvalue weighted by molar-refractivity contribution is -0.137. The molecule has 5 N–H and O–H groups in total. The van der Waals surface area contributed by atoms with Crippen molar-refractivity contribution in [1.82, 2.24) is 25.3 Å². The molecule has 1 aliphatic carbocycles. The highest BCUT2D eigenvalue weighted by Crippen LogP contribution is 2.39. The second kappa shape index (κ2) is 8.54. The zero-order valence-corrected chi connectivity index (χ0v) is 18.1. The normalized spacial score (nSPS) is 26.1. The van der Waals surface area contributed by atoms with Crippen LogP contribution in [0.4, 0.5) is 19.1 Å². The lowest BCUT2D eigenvalue weighted by Gasteiger charge is -2.29. The van der Waals surface area contributed by atoms with Gasteiger partial charge < -0.3 is 26.1 Å². The van der Waals surface area contributed by atoms with E-state index >= 15 is 0 Å². The van der Waals surface area contributed by atoms with Crippen molar-refractivity contribution in [1.29, 1.82) is 0 Å². The molecule has 0 amide bonds. The third-order valence-electron chi connectivity index (χ3n) is 6.33. The Morgan fingerprint density at radius 2 is 2.06 bits per heavy atom. The largest absolute Gasteiger partial charge is 0.419 e. The second-order valence-electron chi connectivity index (χ2n) is 8.74. The summed E-state index contributed by atoms with van der Waals surface area (Å²) in [6.45, 7) is 3.35. The smallest absolute Gasteiger partial charge is 0.369 e. The van der Waals surface area contributed by atoms with Gasteiger partial charge in [0.05, 0.1) is 18.0 Å². The van der Waals surface area contributed by atoms with Crippen molar-refractivity contribution in [3.8, 4) is 11.3 Å². The highest BCUT2D eigenvalue weighted by molar-refractivity contribution is 5.93. The molecule has 5 rings (SSSR count). The topological polar surface area (TPSA) is 114 Å². The van der Waals surface area contributed by atoms with Gasteiger partial charge in [-0.05, 0) is 38.3 Å². The van der Waals surface area contributed by atoms with Crippen molar-refractivity contribution >= 4 is 17.0 Å². The Hall–Kier alpha value is -2.76. The first-order valence-corrected chi connectivity index (χ1v) is 11.1. The molecular weight excluding hydrogens is 435 g/mol. The minimum Gasteiger partial charge on any atom is -0.369 e. The molecule has 0 bridgehead atoms. The van der Waals surface area contributed by atoms with Crippen LogP contribution in [0, 0.1) is 0 Å². The number of halogens is 3. The van der Waals surface area contributed by atoms with Crippen LogP contribution < -0.4 is 16.4 Å². The second-order valence-corrected chi connectivity index (χ2v) is 8.74. The van der Waals surface area contributed by atoms with Crippen molar-refractivity contribution < 1.29 is 17.9 Å². The Balaban J connectivity index is 1.52. The Bertz CT molecular complexity index is 1150. The number of nitrogens with zero attached hydrogens (tertiary/aromatic N) is 3. The summed E-state index contributed by atoms with van der Waals surface area (Å²) in [4.78, 5) is 15.8. The van der Waals surface area contributed by atoms with Gasteiger partial charge in [-0.2, -0.15) is 13.2 Å². The fourth-order valence-electron chi connectivity index (χ4n) is 4.63. The Morgan fingerprint density at radius 3 is 2.79 bits per heavy atom. The number of H-pyrrole nitrogens is 1. The van der Waals surface area contributed by atoms with Crippen molar-refractivity contribution in [2.75, 3.05) is 18.5 Å². The average Bonchev–Trinajstić information content (AvgIpc) is 3.38. The number of hydrogen-bond donors (Lipinski definition) is 4. The van der Waals surface area contributed by atoms with Gasteiger partial charge in [0.15, 0.2) is 0 Å². The van der Waals surface area contributed by atoms with Gasteiger partial charge in [0, 0.05) is 48.0 Å². The van der Waals surface area contributed by atoms with Crippen LogP contribution in [-0.2, 0) is 10.9 Å². The molecule has 1 saturated carbocycles. The predicted octanol–water partition coefficient (Wildman–Crippen LogP) is 3.38. The number of hydrogen-bond acceptors (Lipinski definition) is 7. The number of nitrogens with two attached hydrogens (primary N) is 1. The highest BCUT2D eigenvalue weighted by atomic mass is 19.4. The molecule has 0 radical (unpaired) electrons. The van der Waals surface area contributed by atoms with Gasteiger partial charge in [0.1, 0.15) is 17.3 Å². The Morgan fingerprint density at radius 1 is 1.21 bits per heavy atom. The van der Waals surface area contributed by atoms with E-state index < -0.39 is 11.7 Å². The maximum Gasteiger partial charge on any atom is 0.419 e. The number of pyridine rings is 1. The van der Waals surface area contributed by atoms with Crippen LogP contribution in [0.15, 0.2) is 24.5 Å². The van der Waals surface area contributed by atoms with Crippen LogP contribution in [0.2, 0.25) is 0 Å². The first-order valence-electron chi connectivity index (χ1n) is 11.1. The van der Waals surface area contributed by atoms with Crippen molar-refractivity contribution in [3.63, 3.8) is 0 Å². The van der Waals surface area contributed by atoms with Crippen LogP contribution >= 0.6 is 0 Å². The first kappa shape index (κ1) is 22.1. The van der Waals surface area contributed by atoms with Gasteiger partial charge in [0.25, 0.3) is 0 Å². The van der Waals surface area contributed by atoms with Crippen molar-refractivity contribution in [2.24, 2.45) is 5.73 Å². The van der Waals surface area contributed by atoms with E-state index in [1.54, 1.807) is 12.1 Å². The molecule has 0 spiro atoms. The third-order valence-corrected chi connectivity index (χ3v) is 6.33. The maximum atomic E-state index is 13.8. The summed E-state index contributed by atoms with van der Waals surface area (Å²) >= 11 is 0. The Kier molecular flexibility index (Phi) is 5.71. The lowest BCUT2D eigenvalue weighted by atomic mass is 10.0. The molecule has 3 aromatic rings. The molecule has 4 atom stereocenters. The minimum absolute atomic E-state index is 0.0443. The number of aromatic nitrogens is 4. The zero-order valence-electron chi connectivity index (χ0n) is 18.1. The molecule has 2 aliphatic rings. The van der Waals surface area contributed by atoms with Crippen LogP contribution in [0.25, 0.3) is 22.3 Å². The number of aromatic amines is 1. The van der Waals surface area contributed by atoms with Crippen molar-refractivity contribution in [3.05, 3.63) is 35.8 Å². The van der Waals surface area contributed by atoms with Crippen LogP contribution in [0.5, 0.6) is 0 Å². The van der Waals surface area contributed by atoms with Gasteiger partial charge in [0.2, 0.25) is 5.95 Å². The number of rotatable bonds is 4. The SMILES string of the molecule is CC1NCCO[C@@H]1c1ccc2c(-c3nc(N[C@H]4CC[C@@H](N)C4)ncc3C(F)(F)F)c[nH]c2n1. The molecule has 1 saturated heterocycles. The van der Waals surface area contributed by atoms with E-state index in [4.69, 9.17) is 10.5 Å². The fourth-order valence-corrected chi connectivity index (χ4v) is 4.63. The molecular formula is C22H26F3N7O. The van der Waals surface area contributed by atoms with Gasteiger partial charge in [-0.25, -0.2) is 15.0 Å². The molecule has 1 aliphatic heterocycles. The zero-order chi connectivity index (χ0) is 23.2. The van der Waals surface area contributed by atoms with Crippen molar-refractivity contribution in [2.45, 2.75) is 56.6 Å². The highest BCUT2D eigenvalue weighted by Gasteiger charge is 2.36. The van der Waals surface area contributed by atoms with Crippen LogP contribution in [0.1, 0.15) is 43.5 Å². The molecule has 176 valence electrons. The molecule has 4 heterocycles. The molecule has 1 unspecified atom stereocenters. The monoisotopic (exact) mass is 461 g/mol. The molecule has 3 aromatic heterocycles. The maximum absolute atomic E-state index is 13.8. The number of anilines is 1. The standard InChI is InChI=1S/C22H26F3N7O/c1-11-19(33-7-6-27-11)17-5-4-14-15(9-28-20(14)31-17)18-16(22(23,24)25)10-29-21(32-18)30-13-3-2-12(26)8-13/h4-5,9-13,19,27H,2-3,6-8,26H2,1H3,(H,28,31)(H,29,30,32)/t11?,12-,13+,19+/m1/s1. The summed E-state index contributed by atoms with van der Waals surface area (Å²) < 4.78 is 47.3. The van der Waals surface area contributed by atoms with Crippen LogP contribution in [0.3, 0.4) is 0 Å². The summed E-state index contributed by atoms with van der Waals surface area (Å²) in [6, 6.07) is 3.76. The number of ether oxygens (including phenoxy) is 1. The first-order chi connectivity index (χ1) is 15.8. The van der Waals surface area contributed by atoms with E-state index in [1.807, 2.05) is 6.92 Å². The summed E-state index contributed by atoms with van der Waals surface area (Å²) in [5.74, 6) is 0.159. The minimum atomic E-state index is -4.60. The van der Waals surface area contributed by atoms with E-state index in [2.05, 4.69) is 30.6 Å². The molecule has 2 fully saturated rings. The summed E-state index contributed by atoms with van der Waals surface area (Å²) in [5, 5.41) is 7.03. The van der Waals surface area contributed by atoms with E-state index in [1.165, 1.54) is 6.20 Å². The summed E-state index contributed by atoms with van der Waals surface area (Å²) in [5.41, 5.74) is 6.38. The molecule has 11 heteroatoms. The average molecular weight is 461 g/mol. The van der Waals surface area contributed by atoms with Crippen LogP contribution in [-0.4, -0.2) is 51.2 Å². The van der Waals surface area contributed by atoms with E-state index in [0.717, 1.165) is 32.0 Å². The van der Waals surface area contributed by atoms with E-state index in [-0.39, 0.29) is 35.9 Å². The van der Waals surface area contributed by atoms with E-state index in [0.29, 0.717) is 28.9 Å². The molecule has 8 nitrogen and oxygen atoms in total. The summed E-state index contributed by atoms with van der Waals surface area (Å²) in [7, 11) is 0. The van der Waals surface area contributed by atoms with Gasteiger partial charge >= 0.3 is 6.18 Å². The van der Waals surface area contributed by atoms with Gasteiger partial charge in [-0.1, -0.05) is 0 Å². The number of nitrogens with one attached hydrogen (secondary N) is 3. The predicted molar refractivity (Wildman–Crippen MR) is 118 cm³/mol. The lowest BCUT2D eigenvalue weighted by Crippen LogP contribution is -2.41. The number of fused-ring (bicyclic) bond motifs is 1. The van der Waals surface area contributed by atoms with Gasteiger partial charge in [-0.3, -0.25) is 0 Å². The quantitative estimate of drug-likeness (QED) is 0.471.